The monoisotopic (exact) mass is 350 g/mol. The fourth-order valence-electron chi connectivity index (χ4n) is 2.56. The van der Waals surface area contributed by atoms with E-state index in [1.54, 1.807) is 11.0 Å². The molecule has 1 N–H and O–H groups in total. The van der Waals surface area contributed by atoms with Gasteiger partial charge in [-0.25, -0.2) is 0 Å². The number of hydrogen-bond acceptors (Lipinski definition) is 2. The lowest BCUT2D eigenvalue weighted by atomic mass is 10.1. The first-order chi connectivity index (χ1) is 9.54. The number of rotatable bonds is 5. The minimum Gasteiger partial charge on any atom is -0.341 e. The maximum Gasteiger partial charge on any atom is 0.222 e. The molecule has 0 bridgehead atoms. The highest BCUT2D eigenvalue weighted by Crippen LogP contribution is 2.20. The van der Waals surface area contributed by atoms with Crippen LogP contribution in [-0.4, -0.2) is 30.4 Å². The Morgan fingerprint density at radius 2 is 2.00 bits per heavy atom. The molecule has 0 radical (unpaired) electrons. The number of benzene rings is 1. The van der Waals surface area contributed by atoms with Crippen molar-refractivity contribution >= 4 is 41.5 Å². The minimum atomic E-state index is 0. The number of nitrogens with zero attached hydrogens (tertiary/aromatic N) is 1. The second-order valence-electron chi connectivity index (χ2n) is 5.36. The second kappa shape index (κ2) is 8.84. The summed E-state index contributed by atoms with van der Waals surface area (Å²) >= 11 is 11.9. The number of carbonyl (C=O) groups excluding carboxylic acids is 1. The van der Waals surface area contributed by atoms with E-state index < -0.39 is 0 Å². The van der Waals surface area contributed by atoms with E-state index >= 15 is 0 Å². The highest BCUT2D eigenvalue weighted by atomic mass is 35.5. The largest absolute Gasteiger partial charge is 0.341 e. The maximum atomic E-state index is 12.1. The number of carbonyl (C=O) groups is 1. The number of nitrogens with one attached hydrogen (secondary N) is 1. The van der Waals surface area contributed by atoms with Gasteiger partial charge in [0, 0.05) is 36.1 Å². The van der Waals surface area contributed by atoms with Crippen LogP contribution in [0.25, 0.3) is 0 Å². The zero-order valence-corrected chi connectivity index (χ0v) is 14.4. The second-order valence-corrected chi connectivity index (χ2v) is 6.23. The third kappa shape index (κ3) is 6.03. The molecule has 1 saturated heterocycles. The summed E-state index contributed by atoms with van der Waals surface area (Å²) in [6.45, 7) is 1.62. The molecule has 0 spiro atoms. The molecule has 1 aliphatic heterocycles. The van der Waals surface area contributed by atoms with E-state index in [1.165, 1.54) is 12.8 Å². The first-order valence-electron chi connectivity index (χ1n) is 6.97. The molecule has 1 unspecified atom stereocenters. The van der Waals surface area contributed by atoms with E-state index in [-0.39, 0.29) is 18.3 Å². The highest BCUT2D eigenvalue weighted by Gasteiger charge is 2.17. The Morgan fingerprint density at radius 3 is 2.57 bits per heavy atom. The molecule has 1 heterocycles. The van der Waals surface area contributed by atoms with E-state index in [0.717, 1.165) is 18.5 Å². The Bertz CT molecular complexity index is 456. The molecule has 3 nitrogen and oxygen atoms in total. The Balaban J connectivity index is 0.00000220. The maximum absolute atomic E-state index is 12.1. The topological polar surface area (TPSA) is 32.3 Å². The van der Waals surface area contributed by atoms with Crippen LogP contribution in [0.3, 0.4) is 0 Å². The van der Waals surface area contributed by atoms with Crippen LogP contribution in [0, 0.1) is 0 Å². The third-order valence-corrected chi connectivity index (χ3v) is 4.07. The summed E-state index contributed by atoms with van der Waals surface area (Å²) in [7, 11) is 1.82. The zero-order chi connectivity index (χ0) is 14.5. The van der Waals surface area contributed by atoms with E-state index in [4.69, 9.17) is 23.2 Å². The predicted molar refractivity (Wildman–Crippen MR) is 90.4 cm³/mol. The van der Waals surface area contributed by atoms with Gasteiger partial charge in [0.15, 0.2) is 0 Å². The van der Waals surface area contributed by atoms with Crippen LogP contribution < -0.4 is 5.32 Å². The Morgan fingerprint density at radius 1 is 1.33 bits per heavy atom. The summed E-state index contributed by atoms with van der Waals surface area (Å²) in [4.78, 5) is 13.8. The predicted octanol–water partition coefficient (Wildman–Crippen LogP) is 3.91. The summed E-state index contributed by atoms with van der Waals surface area (Å²) in [5.74, 6) is 0.162. The van der Waals surface area contributed by atoms with Crippen molar-refractivity contribution in [3.8, 4) is 0 Å². The van der Waals surface area contributed by atoms with Crippen molar-refractivity contribution in [2.45, 2.75) is 38.3 Å². The first-order valence-corrected chi connectivity index (χ1v) is 7.72. The molecular weight excluding hydrogens is 331 g/mol. The van der Waals surface area contributed by atoms with E-state index in [1.807, 2.05) is 19.2 Å². The van der Waals surface area contributed by atoms with Crippen LogP contribution in [-0.2, 0) is 11.3 Å². The summed E-state index contributed by atoms with van der Waals surface area (Å²) in [6.07, 6.45) is 3.90. The molecule has 0 saturated carbocycles. The molecule has 6 heteroatoms. The van der Waals surface area contributed by atoms with Crippen LogP contribution in [0.1, 0.15) is 31.2 Å². The summed E-state index contributed by atoms with van der Waals surface area (Å²) in [5, 5.41) is 4.61. The van der Waals surface area contributed by atoms with Crippen LogP contribution in [0.15, 0.2) is 18.2 Å². The van der Waals surface area contributed by atoms with Crippen molar-refractivity contribution in [1.29, 1.82) is 0 Å². The lowest BCUT2D eigenvalue weighted by molar-refractivity contribution is -0.130. The molecule has 2 rings (SSSR count). The van der Waals surface area contributed by atoms with Crippen LogP contribution in [0.4, 0.5) is 0 Å². The Kier molecular flexibility index (Phi) is 7.82. The van der Waals surface area contributed by atoms with E-state index in [2.05, 4.69) is 5.32 Å². The lowest BCUT2D eigenvalue weighted by Gasteiger charge is -2.19. The van der Waals surface area contributed by atoms with Gasteiger partial charge in [0.05, 0.1) is 0 Å². The molecule has 1 amide bonds. The van der Waals surface area contributed by atoms with E-state index in [9.17, 15) is 4.79 Å². The molecule has 118 valence electrons. The van der Waals surface area contributed by atoms with Crippen LogP contribution in [0.5, 0.6) is 0 Å². The van der Waals surface area contributed by atoms with E-state index in [0.29, 0.717) is 29.1 Å². The fourth-order valence-corrected chi connectivity index (χ4v) is 3.13. The lowest BCUT2D eigenvalue weighted by Crippen LogP contribution is -2.29. The molecule has 1 aliphatic rings. The quantitative estimate of drug-likeness (QED) is 0.872. The molecule has 1 fully saturated rings. The molecule has 0 aromatic heterocycles. The Labute approximate surface area is 142 Å². The molecule has 1 aromatic carbocycles. The van der Waals surface area contributed by atoms with Crippen LogP contribution >= 0.6 is 35.6 Å². The van der Waals surface area contributed by atoms with Gasteiger partial charge in [-0.15, -0.1) is 12.4 Å². The third-order valence-electron chi connectivity index (χ3n) is 3.64. The molecule has 1 aromatic rings. The standard InChI is InChI=1S/C15H20Cl2N2O.ClH/c1-19(10-11-7-12(16)9-13(17)8-11)15(20)5-4-14-3-2-6-18-14;/h7-9,14,18H,2-6,10H2,1H3;1H. The molecule has 21 heavy (non-hydrogen) atoms. The van der Waals surface area contributed by atoms with Gasteiger partial charge in [0.2, 0.25) is 5.91 Å². The number of hydrogen-bond donors (Lipinski definition) is 1. The van der Waals surface area contributed by atoms with Crippen LogP contribution in [0.2, 0.25) is 10.0 Å². The van der Waals surface area contributed by atoms with Crippen molar-refractivity contribution in [3.63, 3.8) is 0 Å². The Hall–Kier alpha value is -0.480. The summed E-state index contributed by atoms with van der Waals surface area (Å²) < 4.78 is 0. The van der Waals surface area contributed by atoms with Gasteiger partial charge in [0.1, 0.15) is 0 Å². The van der Waals surface area contributed by atoms with Gasteiger partial charge in [-0.2, -0.15) is 0 Å². The van der Waals surface area contributed by atoms with Crippen molar-refractivity contribution in [2.75, 3.05) is 13.6 Å². The normalized spacial score (nSPS) is 17.4. The first kappa shape index (κ1) is 18.6. The van der Waals surface area contributed by atoms with Crippen molar-refractivity contribution < 1.29 is 4.79 Å². The smallest absolute Gasteiger partial charge is 0.222 e. The van der Waals surface area contributed by atoms with Crippen molar-refractivity contribution in [2.24, 2.45) is 0 Å². The molecular formula is C15H21Cl3N2O. The van der Waals surface area contributed by atoms with Gasteiger partial charge < -0.3 is 10.2 Å². The van der Waals surface area contributed by atoms with Gasteiger partial charge in [0.25, 0.3) is 0 Å². The average Bonchev–Trinajstić information content (AvgIpc) is 2.87. The molecule has 1 atom stereocenters. The fraction of sp³-hybridized carbons (Fsp3) is 0.533. The summed E-state index contributed by atoms with van der Waals surface area (Å²) in [6, 6.07) is 5.89. The van der Waals surface area contributed by atoms with Gasteiger partial charge in [-0.05, 0) is 49.6 Å². The summed E-state index contributed by atoms with van der Waals surface area (Å²) in [5.41, 5.74) is 0.956. The van der Waals surface area contributed by atoms with Gasteiger partial charge in [-0.3, -0.25) is 4.79 Å². The SMILES string of the molecule is CN(Cc1cc(Cl)cc(Cl)c1)C(=O)CCC1CCCN1.Cl. The van der Waals surface area contributed by atoms with Crippen molar-refractivity contribution in [3.05, 3.63) is 33.8 Å². The van der Waals surface area contributed by atoms with Gasteiger partial charge >= 0.3 is 0 Å². The zero-order valence-electron chi connectivity index (χ0n) is 12.1. The number of amides is 1. The minimum absolute atomic E-state index is 0. The highest BCUT2D eigenvalue weighted by molar-refractivity contribution is 6.34. The molecule has 0 aliphatic carbocycles. The average molecular weight is 352 g/mol. The van der Waals surface area contributed by atoms with Crippen molar-refractivity contribution in [1.82, 2.24) is 10.2 Å². The number of halogens is 3. The van der Waals surface area contributed by atoms with Gasteiger partial charge in [-0.1, -0.05) is 23.2 Å².